The normalized spacial score (nSPS) is 17.5. The van der Waals surface area contributed by atoms with E-state index in [9.17, 15) is 32.0 Å². The van der Waals surface area contributed by atoms with Crippen LogP contribution in [0, 0.1) is 6.92 Å². The van der Waals surface area contributed by atoms with Crippen LogP contribution < -0.4 is 16.0 Å². The zero-order valence-electron chi connectivity index (χ0n) is 17.9. The van der Waals surface area contributed by atoms with Gasteiger partial charge in [0, 0.05) is 32.1 Å². The van der Waals surface area contributed by atoms with Crippen molar-refractivity contribution in [2.24, 2.45) is 15.9 Å². The highest BCUT2D eigenvalue weighted by molar-refractivity contribution is 6.00. The molecular weight excluding hydrogens is 467 g/mol. The predicted molar refractivity (Wildman–Crippen MR) is 109 cm³/mol. The molecule has 0 atom stereocenters. The van der Waals surface area contributed by atoms with E-state index in [1.807, 2.05) is 0 Å². The van der Waals surface area contributed by atoms with Crippen molar-refractivity contribution in [2.45, 2.75) is 38.3 Å². The molecular formula is C20H21F5N6O3. The highest BCUT2D eigenvalue weighted by Crippen LogP contribution is 2.36. The van der Waals surface area contributed by atoms with E-state index in [2.05, 4.69) is 15.1 Å². The van der Waals surface area contributed by atoms with Crippen molar-refractivity contribution >= 4 is 17.6 Å². The predicted octanol–water partition coefficient (Wildman–Crippen LogP) is 2.91. The molecule has 2 aromatic heterocycles. The summed E-state index contributed by atoms with van der Waals surface area (Å²) < 4.78 is 68.7. The van der Waals surface area contributed by atoms with E-state index in [0.29, 0.717) is 10.8 Å². The lowest BCUT2D eigenvalue weighted by atomic mass is 10.1. The number of aryl methyl sites for hydroxylation is 1. The monoisotopic (exact) mass is 488 g/mol. The second-order valence-electron chi connectivity index (χ2n) is 7.70. The van der Waals surface area contributed by atoms with Gasteiger partial charge in [0.15, 0.2) is 5.84 Å². The number of halogens is 5. The van der Waals surface area contributed by atoms with Crippen LogP contribution in [-0.4, -0.2) is 50.9 Å². The minimum absolute atomic E-state index is 0.0534. The summed E-state index contributed by atoms with van der Waals surface area (Å²) in [5.74, 6) is -4.75. The number of carbonyl (C=O) groups excluding carboxylic acids is 1. The van der Waals surface area contributed by atoms with Crippen molar-refractivity contribution in [2.75, 3.05) is 18.0 Å². The summed E-state index contributed by atoms with van der Waals surface area (Å²) in [5.41, 5.74) is 3.10. The first-order valence-corrected chi connectivity index (χ1v) is 10.0. The third kappa shape index (κ3) is 5.43. The fourth-order valence-electron chi connectivity index (χ4n) is 3.52. The first kappa shape index (κ1) is 24.9. The fourth-order valence-corrected chi connectivity index (χ4v) is 3.52. The van der Waals surface area contributed by atoms with Gasteiger partial charge in [0.1, 0.15) is 11.5 Å². The van der Waals surface area contributed by atoms with Gasteiger partial charge in [0.05, 0.1) is 22.2 Å². The lowest BCUT2D eigenvalue weighted by Crippen LogP contribution is -2.29. The van der Waals surface area contributed by atoms with Gasteiger partial charge in [-0.05, 0) is 31.5 Å². The quantitative estimate of drug-likeness (QED) is 0.152. The van der Waals surface area contributed by atoms with Gasteiger partial charge in [-0.25, -0.2) is 18.8 Å². The molecule has 3 rings (SSSR count). The molecule has 1 aliphatic heterocycles. The lowest BCUT2D eigenvalue weighted by Gasteiger charge is -2.25. The maximum atomic E-state index is 13.8. The molecule has 0 saturated carbocycles. The van der Waals surface area contributed by atoms with E-state index < -0.39 is 53.5 Å². The molecule has 0 aliphatic carbocycles. The van der Waals surface area contributed by atoms with Gasteiger partial charge in [0.2, 0.25) is 5.92 Å². The minimum Gasteiger partial charge on any atom is -0.428 e. The average molecular weight is 488 g/mol. The number of aromatic nitrogens is 2. The Morgan fingerprint density at radius 1 is 1.24 bits per heavy atom. The molecule has 9 nitrogen and oxygen atoms in total. The number of amidine groups is 1. The third-order valence-electron chi connectivity index (χ3n) is 5.27. The molecule has 34 heavy (non-hydrogen) atoms. The minimum atomic E-state index is -4.81. The summed E-state index contributed by atoms with van der Waals surface area (Å²) in [6, 6.07) is 2.82. The highest BCUT2D eigenvalue weighted by atomic mass is 19.4. The number of nitrogens with two attached hydrogens (primary N) is 1. The number of oxime groups is 1. The molecule has 0 spiro atoms. The summed E-state index contributed by atoms with van der Waals surface area (Å²) >= 11 is 0. The van der Waals surface area contributed by atoms with Crippen LogP contribution >= 0.6 is 0 Å². The number of hydrogen-bond donors (Lipinski definition) is 3. The molecule has 3 heterocycles. The Morgan fingerprint density at radius 3 is 2.59 bits per heavy atom. The molecule has 0 aromatic carbocycles. The number of amides is 1. The molecule has 14 heteroatoms. The number of alkyl halides is 5. The Morgan fingerprint density at radius 2 is 1.94 bits per heavy atom. The molecule has 1 saturated heterocycles. The Balaban J connectivity index is 2.13. The number of anilines is 1. The smallest absolute Gasteiger partial charge is 0.418 e. The van der Waals surface area contributed by atoms with Gasteiger partial charge in [-0.1, -0.05) is 5.16 Å². The second kappa shape index (κ2) is 9.27. The maximum absolute atomic E-state index is 13.8. The first-order chi connectivity index (χ1) is 15.8. The highest BCUT2D eigenvalue weighted by Gasteiger charge is 2.37. The summed E-state index contributed by atoms with van der Waals surface area (Å²) in [7, 11) is 0. The zero-order chi connectivity index (χ0) is 25.3. The summed E-state index contributed by atoms with van der Waals surface area (Å²) in [6.45, 7) is 0.969. The Hall–Kier alpha value is -3.71. The van der Waals surface area contributed by atoms with Crippen LogP contribution in [0.15, 0.2) is 34.5 Å². The van der Waals surface area contributed by atoms with Gasteiger partial charge >= 0.3 is 6.18 Å². The molecule has 0 unspecified atom stereocenters. The van der Waals surface area contributed by atoms with Crippen molar-refractivity contribution in [3.63, 3.8) is 0 Å². The molecule has 1 fully saturated rings. The van der Waals surface area contributed by atoms with E-state index in [0.717, 1.165) is 25.3 Å². The topological polar surface area (TPSA) is 129 Å². The molecule has 1 amide bonds. The number of pyridine rings is 2. The number of carbonyl (C=O) groups is 1. The van der Waals surface area contributed by atoms with Gasteiger partial charge in [-0.3, -0.25) is 4.79 Å². The van der Waals surface area contributed by atoms with E-state index in [-0.39, 0.29) is 36.4 Å². The molecule has 2 aromatic rings. The second-order valence-corrected chi connectivity index (χ2v) is 7.70. The van der Waals surface area contributed by atoms with Crippen molar-refractivity contribution in [1.29, 1.82) is 0 Å². The van der Waals surface area contributed by atoms with Crippen LogP contribution in [0.4, 0.5) is 27.8 Å². The third-order valence-corrected chi connectivity index (χ3v) is 5.27. The van der Waals surface area contributed by atoms with Crippen LogP contribution in [0.5, 0.6) is 0 Å². The number of hydrogen-bond acceptors (Lipinski definition) is 6. The largest absolute Gasteiger partial charge is 0.428 e. The standard InChI is InChI=1S/C20H21F5N6O3/c1-11-14(20(23,24)25)10-13(17(27-11)30-6-2-4-19(21,22)5-8-30)18(32)28-12-3-7-31(34)15(9-12)16(26)29-33/h3,7,9-10,33-34H,2,4-6,8H2,1H3,(H2,26,29). The van der Waals surface area contributed by atoms with E-state index in [1.165, 1.54) is 4.90 Å². The molecule has 4 N–H and O–H groups in total. The van der Waals surface area contributed by atoms with E-state index in [1.54, 1.807) is 0 Å². The molecule has 0 radical (unpaired) electrons. The van der Waals surface area contributed by atoms with Crippen molar-refractivity contribution in [3.8, 4) is 0 Å². The van der Waals surface area contributed by atoms with Gasteiger partial charge in [0.25, 0.3) is 5.91 Å². The lowest BCUT2D eigenvalue weighted by molar-refractivity contribution is -0.138. The number of rotatable bonds is 3. The average Bonchev–Trinajstić information content (AvgIpc) is 2.93. The van der Waals surface area contributed by atoms with Crippen LogP contribution in [0.3, 0.4) is 0 Å². The Bertz CT molecular complexity index is 1190. The van der Waals surface area contributed by atoms with Crippen molar-refractivity contribution < 1.29 is 37.2 Å². The molecule has 184 valence electrons. The first-order valence-electron chi connectivity index (χ1n) is 10.0. The SMILES string of the molecule is Cc1nc(N2CCCC(F)(F)CC2)c(C(=O)N=c2ccn(O)c(/C(N)=N/O)c2)cc1C(F)(F)F. The van der Waals surface area contributed by atoms with E-state index in [4.69, 9.17) is 10.9 Å². The van der Waals surface area contributed by atoms with Crippen molar-refractivity contribution in [1.82, 2.24) is 9.71 Å². The van der Waals surface area contributed by atoms with Gasteiger partial charge in [-0.15, -0.1) is 0 Å². The fraction of sp³-hybridized carbons (Fsp3) is 0.400. The van der Waals surface area contributed by atoms with Crippen LogP contribution in [0.25, 0.3) is 0 Å². The van der Waals surface area contributed by atoms with Gasteiger partial charge < -0.3 is 21.0 Å². The molecule has 1 aliphatic rings. The summed E-state index contributed by atoms with van der Waals surface area (Å²) in [4.78, 5) is 22.1. The summed E-state index contributed by atoms with van der Waals surface area (Å²) in [6.07, 6.45) is -4.68. The maximum Gasteiger partial charge on any atom is 0.418 e. The van der Waals surface area contributed by atoms with Gasteiger partial charge in [-0.2, -0.15) is 17.9 Å². The van der Waals surface area contributed by atoms with Crippen LogP contribution in [-0.2, 0) is 6.18 Å². The summed E-state index contributed by atoms with van der Waals surface area (Å²) in [5, 5.41) is 21.1. The van der Waals surface area contributed by atoms with Crippen LogP contribution in [0.1, 0.15) is 46.6 Å². The zero-order valence-corrected chi connectivity index (χ0v) is 17.9. The molecule has 0 bridgehead atoms. The van der Waals surface area contributed by atoms with Crippen molar-refractivity contribution in [3.05, 3.63) is 52.3 Å². The Labute approximate surface area is 189 Å². The Kier molecular flexibility index (Phi) is 6.79. The van der Waals surface area contributed by atoms with Crippen LogP contribution in [0.2, 0.25) is 0 Å². The van der Waals surface area contributed by atoms with E-state index >= 15 is 0 Å². The number of nitrogens with zero attached hydrogens (tertiary/aromatic N) is 5.